The zero-order valence-electron chi connectivity index (χ0n) is 13.8. The molecule has 0 spiro atoms. The average molecular weight is 369 g/mol. The van der Waals surface area contributed by atoms with Gasteiger partial charge in [-0.05, 0) is 18.9 Å². The van der Waals surface area contributed by atoms with Crippen LogP contribution in [0, 0.1) is 0 Å². The normalized spacial score (nSPS) is 18.0. The summed E-state index contributed by atoms with van der Waals surface area (Å²) in [5.41, 5.74) is 5.22. The number of aromatic nitrogens is 3. The standard InChI is InChI=1S/C16H18F3N5O2/c17-16(18,19)11-3-4-14(21-6-11)26-13-2-1-5-23(9-13)15(25)10-24-8-12(20)7-22-24/h3-4,6-8,13H,1-2,5,9-10,20H2/t13-/m0/s1. The molecule has 2 N–H and O–H groups in total. The van der Waals surface area contributed by atoms with Gasteiger partial charge in [-0.25, -0.2) is 4.98 Å². The summed E-state index contributed by atoms with van der Waals surface area (Å²) in [6.07, 6.45) is 0.450. The summed E-state index contributed by atoms with van der Waals surface area (Å²) in [5.74, 6) is -0.0149. The molecule has 7 nitrogen and oxygen atoms in total. The molecule has 2 aromatic heterocycles. The maximum Gasteiger partial charge on any atom is 0.417 e. The Morgan fingerprint density at radius 3 is 2.77 bits per heavy atom. The van der Waals surface area contributed by atoms with E-state index in [1.54, 1.807) is 11.1 Å². The summed E-state index contributed by atoms with van der Waals surface area (Å²) in [6.45, 7) is 1.01. The Balaban J connectivity index is 1.57. The van der Waals surface area contributed by atoms with Gasteiger partial charge in [-0.1, -0.05) is 0 Å². The van der Waals surface area contributed by atoms with Crippen molar-refractivity contribution in [3.05, 3.63) is 36.3 Å². The minimum atomic E-state index is -4.44. The Bertz CT molecular complexity index is 760. The molecule has 1 saturated heterocycles. The van der Waals surface area contributed by atoms with Crippen molar-refractivity contribution < 1.29 is 22.7 Å². The van der Waals surface area contributed by atoms with Gasteiger partial charge in [0.05, 0.1) is 24.0 Å². The lowest BCUT2D eigenvalue weighted by molar-refractivity contribution is -0.138. The first-order valence-electron chi connectivity index (χ1n) is 8.07. The van der Waals surface area contributed by atoms with Crippen molar-refractivity contribution >= 4 is 11.6 Å². The molecule has 0 saturated carbocycles. The molecule has 1 amide bonds. The molecule has 0 unspecified atom stereocenters. The van der Waals surface area contributed by atoms with Crippen LogP contribution in [0.5, 0.6) is 5.88 Å². The minimum Gasteiger partial charge on any atom is -0.472 e. The largest absolute Gasteiger partial charge is 0.472 e. The van der Waals surface area contributed by atoms with Crippen LogP contribution in [0.2, 0.25) is 0 Å². The van der Waals surface area contributed by atoms with E-state index in [-0.39, 0.29) is 24.4 Å². The van der Waals surface area contributed by atoms with Crippen molar-refractivity contribution in [1.82, 2.24) is 19.7 Å². The van der Waals surface area contributed by atoms with Crippen LogP contribution in [0.25, 0.3) is 0 Å². The molecule has 2 aromatic rings. The van der Waals surface area contributed by atoms with Gasteiger partial charge in [0, 0.05) is 25.0 Å². The molecule has 0 aromatic carbocycles. The molecule has 0 bridgehead atoms. The van der Waals surface area contributed by atoms with E-state index in [1.807, 2.05) is 0 Å². The fraction of sp³-hybridized carbons (Fsp3) is 0.438. The predicted octanol–water partition coefficient (Wildman–Crippen LogP) is 1.95. The third kappa shape index (κ3) is 4.44. The zero-order valence-corrected chi connectivity index (χ0v) is 13.8. The van der Waals surface area contributed by atoms with Crippen LogP contribution in [0.1, 0.15) is 18.4 Å². The number of halogens is 3. The topological polar surface area (TPSA) is 86.3 Å². The fourth-order valence-electron chi connectivity index (χ4n) is 2.75. The highest BCUT2D eigenvalue weighted by atomic mass is 19.4. The number of piperidine rings is 1. The van der Waals surface area contributed by atoms with Gasteiger partial charge in [0.1, 0.15) is 12.6 Å². The van der Waals surface area contributed by atoms with Gasteiger partial charge in [-0.2, -0.15) is 18.3 Å². The Morgan fingerprint density at radius 1 is 1.35 bits per heavy atom. The Morgan fingerprint density at radius 2 is 2.15 bits per heavy atom. The highest BCUT2D eigenvalue weighted by molar-refractivity contribution is 5.76. The molecule has 3 heterocycles. The van der Waals surface area contributed by atoms with E-state index in [9.17, 15) is 18.0 Å². The number of rotatable bonds is 4. The van der Waals surface area contributed by atoms with Crippen molar-refractivity contribution in [2.24, 2.45) is 0 Å². The number of amides is 1. The van der Waals surface area contributed by atoms with Gasteiger partial charge in [0.25, 0.3) is 0 Å². The summed E-state index contributed by atoms with van der Waals surface area (Å²) < 4.78 is 44.8. The SMILES string of the molecule is Nc1cnn(CC(=O)N2CCC[C@H](Oc3ccc(C(F)(F)F)cn3)C2)c1. The van der Waals surface area contributed by atoms with E-state index in [0.717, 1.165) is 18.7 Å². The van der Waals surface area contributed by atoms with Gasteiger partial charge in [0.15, 0.2) is 0 Å². The molecule has 0 radical (unpaired) electrons. The summed E-state index contributed by atoms with van der Waals surface area (Å²) >= 11 is 0. The quantitative estimate of drug-likeness (QED) is 0.890. The maximum absolute atomic E-state index is 12.6. The van der Waals surface area contributed by atoms with Gasteiger partial charge in [-0.15, -0.1) is 0 Å². The number of hydrogen-bond donors (Lipinski definition) is 1. The number of carbonyl (C=O) groups is 1. The van der Waals surface area contributed by atoms with Crippen molar-refractivity contribution in [1.29, 1.82) is 0 Å². The third-order valence-corrected chi connectivity index (χ3v) is 4.03. The van der Waals surface area contributed by atoms with Gasteiger partial charge in [-0.3, -0.25) is 9.48 Å². The van der Waals surface area contributed by atoms with E-state index in [4.69, 9.17) is 10.5 Å². The van der Waals surface area contributed by atoms with Crippen LogP contribution in [-0.2, 0) is 17.5 Å². The molecular formula is C16H18F3N5O2. The number of likely N-dealkylation sites (tertiary alicyclic amines) is 1. The van der Waals surface area contributed by atoms with E-state index in [1.165, 1.54) is 16.9 Å². The first-order chi connectivity index (χ1) is 12.3. The molecule has 0 aliphatic carbocycles. The smallest absolute Gasteiger partial charge is 0.417 e. The second-order valence-corrected chi connectivity index (χ2v) is 6.08. The van der Waals surface area contributed by atoms with E-state index in [0.29, 0.717) is 25.2 Å². The second kappa shape index (κ2) is 7.22. The summed E-state index contributed by atoms with van der Waals surface area (Å²) in [7, 11) is 0. The molecule has 1 aliphatic rings. The van der Waals surface area contributed by atoms with Gasteiger partial charge < -0.3 is 15.4 Å². The third-order valence-electron chi connectivity index (χ3n) is 4.03. The van der Waals surface area contributed by atoms with Crippen molar-refractivity contribution in [2.45, 2.75) is 31.7 Å². The van der Waals surface area contributed by atoms with Crippen molar-refractivity contribution in [2.75, 3.05) is 18.8 Å². The monoisotopic (exact) mass is 369 g/mol. The van der Waals surface area contributed by atoms with Crippen LogP contribution < -0.4 is 10.5 Å². The first kappa shape index (κ1) is 18.0. The van der Waals surface area contributed by atoms with Crippen molar-refractivity contribution in [3.8, 4) is 5.88 Å². The zero-order chi connectivity index (χ0) is 18.7. The van der Waals surface area contributed by atoms with Crippen molar-refractivity contribution in [3.63, 3.8) is 0 Å². The van der Waals surface area contributed by atoms with E-state index < -0.39 is 11.7 Å². The molecule has 1 fully saturated rings. The summed E-state index contributed by atoms with van der Waals surface area (Å²) in [5, 5.41) is 3.98. The summed E-state index contributed by atoms with van der Waals surface area (Å²) in [6, 6.07) is 2.12. The molecule has 1 atom stereocenters. The van der Waals surface area contributed by atoms with E-state index >= 15 is 0 Å². The second-order valence-electron chi connectivity index (χ2n) is 6.08. The number of alkyl halides is 3. The number of carbonyl (C=O) groups excluding carboxylic acids is 1. The lowest BCUT2D eigenvalue weighted by Gasteiger charge is -2.32. The maximum atomic E-state index is 12.6. The number of hydrogen-bond acceptors (Lipinski definition) is 5. The van der Waals surface area contributed by atoms with Crippen LogP contribution in [0.3, 0.4) is 0 Å². The molecule has 140 valence electrons. The Hall–Kier alpha value is -2.78. The number of anilines is 1. The summed E-state index contributed by atoms with van der Waals surface area (Å²) in [4.78, 5) is 17.7. The highest BCUT2D eigenvalue weighted by Gasteiger charge is 2.31. The Kier molecular flexibility index (Phi) is 5.01. The first-order valence-corrected chi connectivity index (χ1v) is 8.07. The predicted molar refractivity (Wildman–Crippen MR) is 86.1 cm³/mol. The molecular weight excluding hydrogens is 351 g/mol. The van der Waals surface area contributed by atoms with Crippen LogP contribution in [-0.4, -0.2) is 44.8 Å². The Labute approximate surface area is 147 Å². The lowest BCUT2D eigenvalue weighted by Crippen LogP contribution is -2.45. The molecule has 3 rings (SSSR count). The van der Waals surface area contributed by atoms with Crippen LogP contribution >= 0.6 is 0 Å². The molecule has 1 aliphatic heterocycles. The average Bonchev–Trinajstić information content (AvgIpc) is 2.99. The molecule has 26 heavy (non-hydrogen) atoms. The lowest BCUT2D eigenvalue weighted by atomic mass is 10.1. The number of pyridine rings is 1. The van der Waals surface area contributed by atoms with E-state index in [2.05, 4.69) is 10.1 Å². The van der Waals surface area contributed by atoms with Gasteiger partial charge >= 0.3 is 6.18 Å². The fourth-order valence-corrected chi connectivity index (χ4v) is 2.75. The number of ether oxygens (including phenoxy) is 1. The minimum absolute atomic E-state index is 0.0719. The number of nitrogens with two attached hydrogens (primary N) is 1. The number of nitrogen functional groups attached to an aromatic ring is 1. The highest BCUT2D eigenvalue weighted by Crippen LogP contribution is 2.29. The molecule has 10 heteroatoms. The van der Waals surface area contributed by atoms with Crippen LogP contribution in [0.4, 0.5) is 18.9 Å². The van der Waals surface area contributed by atoms with Crippen LogP contribution in [0.15, 0.2) is 30.7 Å². The van der Waals surface area contributed by atoms with Gasteiger partial charge in [0.2, 0.25) is 11.8 Å². The number of nitrogens with zero attached hydrogens (tertiary/aromatic N) is 4.